The van der Waals surface area contributed by atoms with E-state index in [0.717, 1.165) is 24.3 Å². The van der Waals surface area contributed by atoms with E-state index >= 15 is 0 Å². The lowest BCUT2D eigenvalue weighted by atomic mass is 10.0. The van der Waals surface area contributed by atoms with Crippen LogP contribution in [0.1, 0.15) is 26.2 Å². The highest BCUT2D eigenvalue weighted by molar-refractivity contribution is 7.99. The molecule has 0 aliphatic carbocycles. The molecule has 1 atom stereocenters. The highest BCUT2D eigenvalue weighted by atomic mass is 32.2. The second-order valence-corrected chi connectivity index (χ2v) is 7.26. The van der Waals surface area contributed by atoms with Crippen molar-refractivity contribution < 1.29 is 4.79 Å². The van der Waals surface area contributed by atoms with Gasteiger partial charge in [0.05, 0.1) is 10.6 Å². The fourth-order valence-corrected chi connectivity index (χ4v) is 4.08. The van der Waals surface area contributed by atoms with Gasteiger partial charge in [-0.1, -0.05) is 17.8 Å². The Bertz CT molecular complexity index is 640. The Labute approximate surface area is 137 Å². The normalized spacial score (nSPS) is 18.6. The van der Waals surface area contributed by atoms with Gasteiger partial charge in [0.25, 0.3) is 0 Å². The lowest BCUT2D eigenvalue weighted by Gasteiger charge is -2.33. The number of piperidine rings is 1. The molecule has 1 unspecified atom stereocenters. The number of thiophene rings is 1. The summed E-state index contributed by atoms with van der Waals surface area (Å²) < 4.78 is 1.46. The Morgan fingerprint density at radius 2 is 2.36 bits per heavy atom. The van der Waals surface area contributed by atoms with Crippen molar-refractivity contribution in [1.29, 1.82) is 0 Å². The Morgan fingerprint density at radius 1 is 1.50 bits per heavy atom. The number of likely N-dealkylation sites (tertiary alicyclic amines) is 1. The molecule has 6 nitrogen and oxygen atoms in total. The lowest BCUT2D eigenvalue weighted by molar-refractivity contribution is -0.131. The number of amides is 1. The van der Waals surface area contributed by atoms with Gasteiger partial charge in [0.2, 0.25) is 11.1 Å². The molecular weight excluding hydrogens is 318 g/mol. The molecule has 2 N–H and O–H groups in total. The third kappa shape index (κ3) is 3.12. The molecule has 3 heterocycles. The van der Waals surface area contributed by atoms with Crippen molar-refractivity contribution in [3.05, 3.63) is 17.5 Å². The molecule has 1 saturated heterocycles. The predicted molar refractivity (Wildman–Crippen MR) is 89.2 cm³/mol. The summed E-state index contributed by atoms with van der Waals surface area (Å²) >= 11 is 2.91. The van der Waals surface area contributed by atoms with Gasteiger partial charge in [-0.15, -0.1) is 21.5 Å². The number of rotatable bonds is 4. The number of hydrogen-bond acceptors (Lipinski definition) is 6. The van der Waals surface area contributed by atoms with Crippen LogP contribution < -0.4 is 5.84 Å². The number of thioether (sulfide) groups is 1. The van der Waals surface area contributed by atoms with Crippen LogP contribution in [0.5, 0.6) is 0 Å². The van der Waals surface area contributed by atoms with Crippen LogP contribution in [0, 0.1) is 0 Å². The molecule has 8 heteroatoms. The molecule has 0 saturated carbocycles. The van der Waals surface area contributed by atoms with E-state index in [4.69, 9.17) is 5.84 Å². The fourth-order valence-electron chi connectivity index (χ4n) is 2.63. The number of carbonyl (C=O) groups excluding carboxylic acids is 1. The molecule has 1 aliphatic heterocycles. The van der Waals surface area contributed by atoms with Gasteiger partial charge in [-0.05, 0) is 37.6 Å². The fraction of sp³-hybridized carbons (Fsp3) is 0.500. The minimum atomic E-state index is 0.151. The quantitative estimate of drug-likeness (QED) is 0.684. The molecule has 1 aliphatic rings. The zero-order valence-corrected chi connectivity index (χ0v) is 14.1. The van der Waals surface area contributed by atoms with Crippen LogP contribution in [0.3, 0.4) is 0 Å². The first-order valence-corrected chi connectivity index (χ1v) is 9.20. The smallest absolute Gasteiger partial charge is 0.233 e. The van der Waals surface area contributed by atoms with Gasteiger partial charge in [-0.3, -0.25) is 4.79 Å². The average molecular weight is 337 g/mol. The van der Waals surface area contributed by atoms with Gasteiger partial charge < -0.3 is 10.7 Å². The van der Waals surface area contributed by atoms with Crippen molar-refractivity contribution in [2.24, 2.45) is 0 Å². The van der Waals surface area contributed by atoms with E-state index in [-0.39, 0.29) is 5.91 Å². The molecule has 2 aromatic heterocycles. The zero-order valence-electron chi connectivity index (χ0n) is 12.4. The number of nitrogen functional groups attached to an aromatic ring is 1. The van der Waals surface area contributed by atoms with E-state index in [2.05, 4.69) is 17.1 Å². The zero-order chi connectivity index (χ0) is 15.5. The van der Waals surface area contributed by atoms with Gasteiger partial charge in [0.1, 0.15) is 0 Å². The summed E-state index contributed by atoms with van der Waals surface area (Å²) in [6.45, 7) is 2.97. The monoisotopic (exact) mass is 337 g/mol. The van der Waals surface area contributed by atoms with Crippen LogP contribution in [0.2, 0.25) is 0 Å². The molecule has 2 aromatic rings. The second kappa shape index (κ2) is 6.70. The number of aromatic nitrogens is 3. The Balaban J connectivity index is 1.63. The van der Waals surface area contributed by atoms with E-state index in [9.17, 15) is 4.79 Å². The summed E-state index contributed by atoms with van der Waals surface area (Å²) in [4.78, 5) is 15.3. The molecular formula is C14H19N5OS2. The Kier molecular flexibility index (Phi) is 4.68. The van der Waals surface area contributed by atoms with Crippen LogP contribution in [-0.4, -0.2) is 44.0 Å². The minimum absolute atomic E-state index is 0.151. The van der Waals surface area contributed by atoms with E-state index in [1.54, 1.807) is 11.3 Å². The first-order valence-electron chi connectivity index (χ1n) is 7.33. The van der Waals surface area contributed by atoms with Crippen LogP contribution >= 0.6 is 23.1 Å². The molecule has 22 heavy (non-hydrogen) atoms. The maximum Gasteiger partial charge on any atom is 0.233 e. The van der Waals surface area contributed by atoms with Gasteiger partial charge in [0.15, 0.2) is 5.82 Å². The summed E-state index contributed by atoms with van der Waals surface area (Å²) in [5.74, 6) is 7.18. The molecule has 1 amide bonds. The first kappa shape index (κ1) is 15.4. The number of hydrogen-bond donors (Lipinski definition) is 1. The average Bonchev–Trinajstić information content (AvgIpc) is 3.15. The molecule has 3 rings (SSSR count). The topological polar surface area (TPSA) is 77.0 Å². The summed E-state index contributed by atoms with van der Waals surface area (Å²) in [6.07, 6.45) is 3.39. The maximum absolute atomic E-state index is 12.3. The molecule has 0 aromatic carbocycles. The summed E-state index contributed by atoms with van der Waals surface area (Å²) in [5, 5.41) is 10.8. The van der Waals surface area contributed by atoms with Gasteiger partial charge in [-0.2, -0.15) is 0 Å². The number of nitrogens with two attached hydrogens (primary N) is 1. The van der Waals surface area contributed by atoms with Crippen LogP contribution in [0.25, 0.3) is 10.7 Å². The third-order valence-electron chi connectivity index (χ3n) is 3.85. The van der Waals surface area contributed by atoms with Gasteiger partial charge in [0, 0.05) is 12.6 Å². The SMILES string of the molecule is CC1CCCCN1C(=O)CSc1nnc(-c2cccs2)n1N. The highest BCUT2D eigenvalue weighted by Crippen LogP contribution is 2.26. The predicted octanol–water partition coefficient (Wildman–Crippen LogP) is 2.21. The summed E-state index contributed by atoms with van der Waals surface area (Å²) in [5.41, 5.74) is 0. The molecule has 0 spiro atoms. The largest absolute Gasteiger partial charge is 0.339 e. The second-order valence-electron chi connectivity index (χ2n) is 5.37. The van der Waals surface area contributed by atoms with Gasteiger partial charge in [-0.25, -0.2) is 4.68 Å². The van der Waals surface area contributed by atoms with Crippen LogP contribution in [0.15, 0.2) is 22.7 Å². The summed E-state index contributed by atoms with van der Waals surface area (Å²) in [6, 6.07) is 4.23. The first-order chi connectivity index (χ1) is 10.7. The van der Waals surface area contributed by atoms with E-state index in [1.807, 2.05) is 22.4 Å². The van der Waals surface area contributed by atoms with Crippen molar-refractivity contribution in [3.63, 3.8) is 0 Å². The van der Waals surface area contributed by atoms with Crippen LogP contribution in [0.4, 0.5) is 0 Å². The standard InChI is InChI=1S/C14H19N5OS2/c1-10-5-2-3-7-18(10)12(20)9-22-14-17-16-13(19(14)15)11-6-4-8-21-11/h4,6,8,10H,2-3,5,7,9,15H2,1H3. The molecule has 118 valence electrons. The van der Waals surface area contributed by atoms with Crippen molar-refractivity contribution in [3.8, 4) is 10.7 Å². The van der Waals surface area contributed by atoms with E-state index in [1.165, 1.54) is 22.9 Å². The van der Waals surface area contributed by atoms with Crippen molar-refractivity contribution in [2.45, 2.75) is 37.4 Å². The maximum atomic E-state index is 12.3. The van der Waals surface area contributed by atoms with Crippen molar-refractivity contribution in [1.82, 2.24) is 19.8 Å². The minimum Gasteiger partial charge on any atom is -0.339 e. The molecule has 0 bridgehead atoms. The third-order valence-corrected chi connectivity index (χ3v) is 5.65. The molecule has 1 fully saturated rings. The number of carbonyl (C=O) groups is 1. The van der Waals surface area contributed by atoms with Crippen molar-refractivity contribution >= 4 is 29.0 Å². The van der Waals surface area contributed by atoms with Crippen LogP contribution in [-0.2, 0) is 4.79 Å². The Hall–Kier alpha value is -1.54. The lowest BCUT2D eigenvalue weighted by Crippen LogP contribution is -2.43. The summed E-state index contributed by atoms with van der Waals surface area (Å²) in [7, 11) is 0. The van der Waals surface area contributed by atoms with Crippen molar-refractivity contribution in [2.75, 3.05) is 18.1 Å². The van der Waals surface area contributed by atoms with E-state index in [0.29, 0.717) is 22.8 Å². The molecule has 0 radical (unpaired) electrons. The van der Waals surface area contributed by atoms with E-state index < -0.39 is 0 Å². The Morgan fingerprint density at radius 3 is 3.09 bits per heavy atom. The number of nitrogens with zero attached hydrogens (tertiary/aromatic N) is 4. The van der Waals surface area contributed by atoms with Gasteiger partial charge >= 0.3 is 0 Å². The highest BCUT2D eigenvalue weighted by Gasteiger charge is 2.24.